The number of carbonyl (C=O) groups is 2. The van der Waals surface area contributed by atoms with E-state index in [4.69, 9.17) is 4.74 Å². The molecule has 3 aromatic rings. The Kier molecular flexibility index (Phi) is 8.95. The Morgan fingerprint density at radius 2 is 1.53 bits per heavy atom. The number of ether oxygens (including phenoxy) is 1. The van der Waals surface area contributed by atoms with Gasteiger partial charge in [-0.25, -0.2) is 4.79 Å². The van der Waals surface area contributed by atoms with Crippen LogP contribution in [0.4, 0.5) is 10.5 Å². The monoisotopic (exact) mass is 446 g/mol. The van der Waals surface area contributed by atoms with Crippen LogP contribution in [0.5, 0.6) is 0 Å². The summed E-state index contributed by atoms with van der Waals surface area (Å²) in [7, 11) is 0. The molecule has 2 amide bonds. The van der Waals surface area contributed by atoms with Crippen molar-refractivity contribution in [3.63, 3.8) is 0 Å². The molecule has 1 atom stereocenters. The molecule has 0 unspecified atom stereocenters. The summed E-state index contributed by atoms with van der Waals surface area (Å²) < 4.78 is 5.30. The fourth-order valence-corrected chi connectivity index (χ4v) is 3.91. The first-order valence-corrected chi connectivity index (χ1v) is 11.4. The van der Waals surface area contributed by atoms with Crippen LogP contribution in [0.15, 0.2) is 91.5 Å². The second-order valence-electron chi connectivity index (χ2n) is 7.07. The van der Waals surface area contributed by atoms with Crippen LogP contribution in [-0.2, 0) is 21.9 Å². The van der Waals surface area contributed by atoms with E-state index in [0.717, 1.165) is 22.4 Å². The van der Waals surface area contributed by atoms with Gasteiger partial charge < -0.3 is 15.4 Å². The number of amides is 2. The second kappa shape index (κ2) is 12.4. The van der Waals surface area contributed by atoms with Crippen LogP contribution < -0.4 is 10.6 Å². The van der Waals surface area contributed by atoms with Crippen molar-refractivity contribution < 1.29 is 14.3 Å². The lowest BCUT2D eigenvalue weighted by Crippen LogP contribution is -2.45. The zero-order valence-electron chi connectivity index (χ0n) is 17.7. The smallest absolute Gasteiger partial charge is 0.408 e. The van der Waals surface area contributed by atoms with E-state index in [9.17, 15) is 9.59 Å². The van der Waals surface area contributed by atoms with Gasteiger partial charge in [-0.1, -0.05) is 85.5 Å². The highest BCUT2D eigenvalue weighted by Crippen LogP contribution is 2.15. The average molecular weight is 447 g/mol. The number of hydrogen-bond acceptors (Lipinski definition) is 4. The highest BCUT2D eigenvalue weighted by molar-refractivity contribution is 7.98. The van der Waals surface area contributed by atoms with Crippen molar-refractivity contribution in [1.82, 2.24) is 5.32 Å². The van der Waals surface area contributed by atoms with Crippen LogP contribution in [-0.4, -0.2) is 23.8 Å². The van der Waals surface area contributed by atoms with E-state index >= 15 is 0 Å². The SMILES string of the molecule is C=Cc1ccc(NC(=O)[C@H](CSCc2ccccc2)NC(=O)OCc2ccccc2)cc1. The lowest BCUT2D eigenvalue weighted by Gasteiger charge is -2.18. The Hall–Kier alpha value is -3.51. The number of carbonyl (C=O) groups excluding carboxylic acids is 2. The molecule has 164 valence electrons. The molecule has 3 rings (SSSR count). The first kappa shape index (κ1) is 23.2. The minimum Gasteiger partial charge on any atom is -0.445 e. The third kappa shape index (κ3) is 7.63. The second-order valence-corrected chi connectivity index (χ2v) is 8.11. The van der Waals surface area contributed by atoms with Crippen LogP contribution in [0.25, 0.3) is 6.08 Å². The lowest BCUT2D eigenvalue weighted by atomic mass is 10.2. The van der Waals surface area contributed by atoms with Crippen molar-refractivity contribution >= 4 is 35.5 Å². The average Bonchev–Trinajstić information content (AvgIpc) is 2.84. The van der Waals surface area contributed by atoms with Gasteiger partial charge in [-0.3, -0.25) is 4.79 Å². The van der Waals surface area contributed by atoms with Crippen molar-refractivity contribution in [3.05, 3.63) is 108 Å². The van der Waals surface area contributed by atoms with Gasteiger partial charge in [0.25, 0.3) is 0 Å². The Balaban J connectivity index is 1.59. The van der Waals surface area contributed by atoms with Crippen LogP contribution in [0.1, 0.15) is 16.7 Å². The largest absolute Gasteiger partial charge is 0.445 e. The standard InChI is InChI=1S/C26H26N2O3S/c1-2-20-13-15-23(16-14-20)27-25(29)24(19-32-18-22-11-7-4-8-12-22)28-26(30)31-17-21-9-5-3-6-10-21/h2-16,24H,1,17-19H2,(H,27,29)(H,28,30)/t24-/m0/s1. The molecule has 0 fully saturated rings. The number of hydrogen-bond donors (Lipinski definition) is 2. The Morgan fingerprint density at radius 1 is 0.906 bits per heavy atom. The van der Waals surface area contributed by atoms with E-state index in [2.05, 4.69) is 17.2 Å². The van der Waals surface area contributed by atoms with Gasteiger partial charge in [0, 0.05) is 17.2 Å². The van der Waals surface area contributed by atoms with E-state index in [1.54, 1.807) is 30.0 Å². The predicted octanol–water partition coefficient (Wildman–Crippen LogP) is 5.50. The van der Waals surface area contributed by atoms with Crippen molar-refractivity contribution in [1.29, 1.82) is 0 Å². The molecule has 0 saturated heterocycles. The summed E-state index contributed by atoms with van der Waals surface area (Å²) in [4.78, 5) is 25.3. The molecule has 0 aliphatic heterocycles. The Labute approximate surface area is 192 Å². The number of nitrogens with one attached hydrogen (secondary N) is 2. The molecule has 5 nitrogen and oxygen atoms in total. The summed E-state index contributed by atoms with van der Waals surface area (Å²) in [6.45, 7) is 3.87. The fraction of sp³-hybridized carbons (Fsp3) is 0.154. The zero-order valence-corrected chi connectivity index (χ0v) is 18.5. The third-order valence-corrected chi connectivity index (χ3v) is 5.74. The zero-order chi connectivity index (χ0) is 22.6. The Morgan fingerprint density at radius 3 is 2.16 bits per heavy atom. The molecule has 2 N–H and O–H groups in total. The van der Waals surface area contributed by atoms with Crippen LogP contribution in [0.3, 0.4) is 0 Å². The quantitative estimate of drug-likeness (QED) is 0.432. The molecule has 0 bridgehead atoms. The van der Waals surface area contributed by atoms with Gasteiger partial charge in [0.15, 0.2) is 0 Å². The van der Waals surface area contributed by atoms with E-state index in [1.807, 2.05) is 72.8 Å². The number of alkyl carbamates (subject to hydrolysis) is 1. The fourth-order valence-electron chi connectivity index (χ4n) is 2.89. The van der Waals surface area contributed by atoms with Gasteiger partial charge in [0.2, 0.25) is 5.91 Å². The Bertz CT molecular complexity index is 1010. The summed E-state index contributed by atoms with van der Waals surface area (Å²) >= 11 is 1.57. The van der Waals surface area contributed by atoms with Crippen molar-refractivity contribution in [2.45, 2.75) is 18.4 Å². The number of thioether (sulfide) groups is 1. The van der Waals surface area contributed by atoms with Gasteiger partial charge in [-0.05, 0) is 28.8 Å². The van der Waals surface area contributed by atoms with Crippen LogP contribution in [0, 0.1) is 0 Å². The first-order valence-electron chi connectivity index (χ1n) is 10.3. The van der Waals surface area contributed by atoms with Gasteiger partial charge in [-0.15, -0.1) is 0 Å². The van der Waals surface area contributed by atoms with Crippen LogP contribution in [0.2, 0.25) is 0 Å². The summed E-state index contributed by atoms with van der Waals surface area (Å²) in [5.74, 6) is 0.847. The lowest BCUT2D eigenvalue weighted by molar-refractivity contribution is -0.117. The van der Waals surface area contributed by atoms with Crippen LogP contribution >= 0.6 is 11.8 Å². The van der Waals surface area contributed by atoms with E-state index in [1.165, 1.54) is 0 Å². The highest BCUT2D eigenvalue weighted by Gasteiger charge is 2.22. The normalized spacial score (nSPS) is 11.2. The van der Waals surface area contributed by atoms with E-state index < -0.39 is 12.1 Å². The number of benzene rings is 3. The van der Waals surface area contributed by atoms with Gasteiger partial charge in [0.05, 0.1) is 0 Å². The minimum absolute atomic E-state index is 0.140. The molecule has 0 saturated carbocycles. The van der Waals surface area contributed by atoms with Gasteiger partial charge in [-0.2, -0.15) is 11.8 Å². The molecule has 0 aromatic heterocycles. The summed E-state index contributed by atoms with van der Waals surface area (Å²) in [5.41, 5.74) is 3.64. The summed E-state index contributed by atoms with van der Waals surface area (Å²) in [5, 5.41) is 5.57. The summed E-state index contributed by atoms with van der Waals surface area (Å²) in [6, 6.07) is 26.0. The third-order valence-electron chi connectivity index (χ3n) is 4.63. The molecule has 0 spiro atoms. The summed E-state index contributed by atoms with van der Waals surface area (Å²) in [6.07, 6.45) is 1.11. The van der Waals surface area contributed by atoms with E-state index in [0.29, 0.717) is 11.4 Å². The molecule has 32 heavy (non-hydrogen) atoms. The van der Waals surface area contributed by atoms with Gasteiger partial charge >= 0.3 is 6.09 Å². The predicted molar refractivity (Wildman–Crippen MR) is 131 cm³/mol. The maximum Gasteiger partial charge on any atom is 0.408 e. The molecular weight excluding hydrogens is 420 g/mol. The molecular formula is C26H26N2O3S. The molecule has 0 aliphatic carbocycles. The minimum atomic E-state index is -0.744. The highest BCUT2D eigenvalue weighted by atomic mass is 32.2. The molecule has 0 heterocycles. The molecule has 0 radical (unpaired) electrons. The maximum atomic E-state index is 12.9. The number of anilines is 1. The number of rotatable bonds is 10. The van der Waals surface area contributed by atoms with Gasteiger partial charge in [0.1, 0.15) is 12.6 Å². The molecule has 3 aromatic carbocycles. The van der Waals surface area contributed by atoms with Crippen molar-refractivity contribution in [2.75, 3.05) is 11.1 Å². The van der Waals surface area contributed by atoms with Crippen molar-refractivity contribution in [3.8, 4) is 0 Å². The first-order chi connectivity index (χ1) is 15.6. The van der Waals surface area contributed by atoms with Crippen molar-refractivity contribution in [2.24, 2.45) is 0 Å². The topological polar surface area (TPSA) is 67.4 Å². The van der Waals surface area contributed by atoms with E-state index in [-0.39, 0.29) is 12.5 Å². The maximum absolute atomic E-state index is 12.9. The molecule has 6 heteroatoms. The molecule has 0 aliphatic rings.